The molecule has 100 valence electrons. The van der Waals surface area contributed by atoms with Crippen LogP contribution in [-0.4, -0.2) is 31.5 Å². The van der Waals surface area contributed by atoms with E-state index < -0.39 is 20.3 Å². The Balaban J connectivity index is 2.65. The van der Waals surface area contributed by atoms with Crippen LogP contribution in [0.15, 0.2) is 17.0 Å². The van der Waals surface area contributed by atoms with Crippen molar-refractivity contribution in [1.82, 2.24) is 0 Å². The second-order valence-corrected chi connectivity index (χ2v) is 7.38. The van der Waals surface area contributed by atoms with E-state index in [1.165, 1.54) is 12.1 Å². The maximum Gasteiger partial charge on any atom is 0.191 e. The van der Waals surface area contributed by atoms with Crippen LogP contribution in [-0.2, 0) is 14.6 Å². The van der Waals surface area contributed by atoms with E-state index in [0.717, 1.165) is 0 Å². The fraction of sp³-hybridized carbons (Fsp3) is 0.455. The number of nitrogens with two attached hydrogens (primary N) is 1. The lowest BCUT2D eigenvalue weighted by atomic mass is 10.1. The largest absolute Gasteiger partial charge is 0.504 e. The lowest BCUT2D eigenvalue weighted by Crippen LogP contribution is -2.36. The summed E-state index contributed by atoms with van der Waals surface area (Å²) in [5.41, 5.74) is 5.51. The Bertz CT molecular complexity index is 579. The van der Waals surface area contributed by atoms with E-state index in [4.69, 9.17) is 22.1 Å². The topological polar surface area (TPSA) is 89.6 Å². The molecule has 1 aromatic rings. The Morgan fingerprint density at radius 3 is 2.72 bits per heavy atom. The number of hydrogen-bond acceptors (Lipinski definition) is 5. The van der Waals surface area contributed by atoms with Crippen molar-refractivity contribution >= 4 is 27.1 Å². The first-order valence-corrected chi connectivity index (χ1v) is 7.25. The van der Waals surface area contributed by atoms with Crippen LogP contribution < -0.4 is 5.73 Å². The van der Waals surface area contributed by atoms with E-state index in [1.54, 1.807) is 6.92 Å². The fourth-order valence-electron chi connectivity index (χ4n) is 1.92. The second-order valence-electron chi connectivity index (χ2n) is 4.57. The average Bonchev–Trinajstić information content (AvgIpc) is 2.73. The molecule has 2 rings (SSSR count). The SMILES string of the molecule is CC1(S(=O)(=O)c2c(Cl)ccc(N)c2O)CCOC1. The van der Waals surface area contributed by atoms with E-state index in [-0.39, 0.29) is 22.2 Å². The van der Waals surface area contributed by atoms with E-state index in [0.29, 0.717) is 13.0 Å². The number of nitrogen functional groups attached to an aromatic ring is 1. The third-order valence-electron chi connectivity index (χ3n) is 3.21. The highest BCUT2D eigenvalue weighted by molar-refractivity contribution is 7.93. The normalized spacial score (nSPS) is 24.3. The zero-order valence-corrected chi connectivity index (χ0v) is 11.4. The highest BCUT2D eigenvalue weighted by atomic mass is 35.5. The zero-order chi connectivity index (χ0) is 13.6. The molecule has 1 atom stereocenters. The number of phenolic OH excluding ortho intramolecular Hbond substituents is 1. The van der Waals surface area contributed by atoms with Crippen molar-refractivity contribution in [1.29, 1.82) is 0 Å². The molecule has 1 aliphatic rings. The van der Waals surface area contributed by atoms with Crippen molar-refractivity contribution in [3.8, 4) is 5.75 Å². The van der Waals surface area contributed by atoms with Crippen molar-refractivity contribution in [2.45, 2.75) is 23.0 Å². The standard InChI is InChI=1S/C11H14ClNO4S/c1-11(4-5-17-6-11)18(15,16)10-7(12)2-3-8(13)9(10)14/h2-3,14H,4-6,13H2,1H3. The van der Waals surface area contributed by atoms with E-state index in [2.05, 4.69) is 0 Å². The lowest BCUT2D eigenvalue weighted by molar-refractivity contribution is 0.191. The molecule has 1 aromatic carbocycles. The fourth-order valence-corrected chi connectivity index (χ4v) is 4.16. The molecular weight excluding hydrogens is 278 g/mol. The summed E-state index contributed by atoms with van der Waals surface area (Å²) >= 11 is 5.89. The molecule has 3 N–H and O–H groups in total. The van der Waals surface area contributed by atoms with Gasteiger partial charge in [0, 0.05) is 6.61 Å². The van der Waals surface area contributed by atoms with Crippen LogP contribution >= 0.6 is 11.6 Å². The zero-order valence-electron chi connectivity index (χ0n) is 9.81. The van der Waals surface area contributed by atoms with E-state index >= 15 is 0 Å². The monoisotopic (exact) mass is 291 g/mol. The molecule has 0 saturated carbocycles. The predicted octanol–water partition coefficient (Wildman–Crippen LogP) is 1.58. The van der Waals surface area contributed by atoms with Crippen LogP contribution in [0.5, 0.6) is 5.75 Å². The Kier molecular flexibility index (Phi) is 3.21. The van der Waals surface area contributed by atoms with Crippen LogP contribution in [0.3, 0.4) is 0 Å². The molecule has 18 heavy (non-hydrogen) atoms. The van der Waals surface area contributed by atoms with Gasteiger partial charge in [0.05, 0.1) is 22.1 Å². The maximum atomic E-state index is 12.6. The molecule has 7 heteroatoms. The molecule has 5 nitrogen and oxygen atoms in total. The van der Waals surface area contributed by atoms with Crippen molar-refractivity contribution < 1.29 is 18.3 Å². The van der Waals surface area contributed by atoms with Crippen LogP contribution in [0, 0.1) is 0 Å². The number of benzene rings is 1. The molecule has 0 aliphatic carbocycles. The molecule has 1 saturated heterocycles. The molecule has 0 radical (unpaired) electrons. The third-order valence-corrected chi connectivity index (χ3v) is 6.21. The van der Waals surface area contributed by atoms with Crippen molar-refractivity contribution in [3.05, 3.63) is 17.2 Å². The average molecular weight is 292 g/mol. The number of halogens is 1. The number of rotatable bonds is 2. The smallest absolute Gasteiger partial charge is 0.191 e. The number of ether oxygens (including phenoxy) is 1. The Labute approximate surface area is 110 Å². The van der Waals surface area contributed by atoms with Gasteiger partial charge in [-0.05, 0) is 25.5 Å². The molecule has 1 unspecified atom stereocenters. The summed E-state index contributed by atoms with van der Waals surface area (Å²) in [7, 11) is -3.81. The highest BCUT2D eigenvalue weighted by Crippen LogP contribution is 2.42. The van der Waals surface area contributed by atoms with Gasteiger partial charge in [0.15, 0.2) is 15.6 Å². The molecule has 0 amide bonds. The van der Waals surface area contributed by atoms with Crippen molar-refractivity contribution in [2.75, 3.05) is 18.9 Å². The van der Waals surface area contributed by atoms with Crippen LogP contribution in [0.1, 0.15) is 13.3 Å². The minimum Gasteiger partial charge on any atom is -0.504 e. The number of aromatic hydroxyl groups is 1. The van der Waals surface area contributed by atoms with Gasteiger partial charge in [0.1, 0.15) is 4.90 Å². The molecule has 1 aliphatic heterocycles. The lowest BCUT2D eigenvalue weighted by Gasteiger charge is -2.23. The van der Waals surface area contributed by atoms with Gasteiger partial charge in [-0.3, -0.25) is 0 Å². The predicted molar refractivity (Wildman–Crippen MR) is 68.6 cm³/mol. The molecule has 0 spiro atoms. The molecular formula is C11H14ClNO4S. The summed E-state index contributed by atoms with van der Waals surface area (Å²) in [6.45, 7) is 2.03. The minimum atomic E-state index is -3.81. The van der Waals surface area contributed by atoms with Gasteiger partial charge in [-0.25, -0.2) is 8.42 Å². The number of phenols is 1. The third kappa shape index (κ3) is 1.84. The van der Waals surface area contributed by atoms with Crippen LogP contribution in [0.25, 0.3) is 0 Å². The first-order chi connectivity index (χ1) is 8.29. The number of sulfone groups is 1. The first kappa shape index (κ1) is 13.5. The molecule has 1 heterocycles. The number of anilines is 1. The van der Waals surface area contributed by atoms with Gasteiger partial charge >= 0.3 is 0 Å². The van der Waals surface area contributed by atoms with Gasteiger partial charge in [-0.2, -0.15) is 0 Å². The van der Waals surface area contributed by atoms with Gasteiger partial charge in [0.2, 0.25) is 0 Å². The van der Waals surface area contributed by atoms with Crippen LogP contribution in [0.4, 0.5) is 5.69 Å². The van der Waals surface area contributed by atoms with Gasteiger partial charge < -0.3 is 15.6 Å². The Hall–Kier alpha value is -0.980. The first-order valence-electron chi connectivity index (χ1n) is 5.39. The van der Waals surface area contributed by atoms with E-state index in [1.807, 2.05) is 0 Å². The summed E-state index contributed by atoms with van der Waals surface area (Å²) in [5.74, 6) is -0.490. The molecule has 1 fully saturated rings. The summed E-state index contributed by atoms with van der Waals surface area (Å²) < 4.78 is 29.2. The molecule has 0 aromatic heterocycles. The summed E-state index contributed by atoms with van der Waals surface area (Å²) in [6.07, 6.45) is 0.361. The highest BCUT2D eigenvalue weighted by Gasteiger charge is 2.46. The van der Waals surface area contributed by atoms with Gasteiger partial charge in [-0.1, -0.05) is 11.6 Å². The Morgan fingerprint density at radius 1 is 1.50 bits per heavy atom. The maximum absolute atomic E-state index is 12.6. The summed E-state index contributed by atoms with van der Waals surface area (Å²) in [6, 6.07) is 2.73. The van der Waals surface area contributed by atoms with Crippen molar-refractivity contribution in [2.24, 2.45) is 0 Å². The van der Waals surface area contributed by atoms with Gasteiger partial charge in [-0.15, -0.1) is 0 Å². The van der Waals surface area contributed by atoms with Gasteiger partial charge in [0.25, 0.3) is 0 Å². The summed E-state index contributed by atoms with van der Waals surface area (Å²) in [4.78, 5) is -0.308. The minimum absolute atomic E-state index is 0.0134. The quantitative estimate of drug-likeness (QED) is 0.638. The summed E-state index contributed by atoms with van der Waals surface area (Å²) in [5, 5.41) is 9.83. The second kappa shape index (κ2) is 4.29. The molecule has 0 bridgehead atoms. The van der Waals surface area contributed by atoms with E-state index in [9.17, 15) is 13.5 Å². The number of hydrogen-bond donors (Lipinski definition) is 2. The Morgan fingerprint density at radius 2 is 2.17 bits per heavy atom. The van der Waals surface area contributed by atoms with Crippen LogP contribution in [0.2, 0.25) is 5.02 Å². The van der Waals surface area contributed by atoms with Crippen molar-refractivity contribution in [3.63, 3.8) is 0 Å².